The van der Waals surface area contributed by atoms with Gasteiger partial charge in [-0.05, 0) is 29.3 Å². The van der Waals surface area contributed by atoms with Gasteiger partial charge >= 0.3 is 0 Å². The Balaban J connectivity index is 1.42. The summed E-state index contributed by atoms with van der Waals surface area (Å²) in [6, 6.07) is 14.8. The molecule has 0 radical (unpaired) electrons. The fourth-order valence-corrected chi connectivity index (χ4v) is 4.68. The van der Waals surface area contributed by atoms with Gasteiger partial charge in [0.1, 0.15) is 18.1 Å². The quantitative estimate of drug-likeness (QED) is 0.523. The van der Waals surface area contributed by atoms with Crippen LogP contribution in [0.4, 0.5) is 5.82 Å². The first-order chi connectivity index (χ1) is 15.5. The van der Waals surface area contributed by atoms with E-state index in [0.29, 0.717) is 17.4 Å². The van der Waals surface area contributed by atoms with Crippen molar-refractivity contribution in [1.29, 1.82) is 0 Å². The van der Waals surface area contributed by atoms with Crippen LogP contribution in [0, 0.1) is 0 Å². The maximum atomic E-state index is 12.7. The van der Waals surface area contributed by atoms with Crippen molar-refractivity contribution in [3.05, 3.63) is 75.9 Å². The summed E-state index contributed by atoms with van der Waals surface area (Å²) in [4.78, 5) is 25.3. The Bertz CT molecular complexity index is 1130. The van der Waals surface area contributed by atoms with Crippen LogP contribution in [0.25, 0.3) is 0 Å². The average molecular weight is 471 g/mol. The molecule has 32 heavy (non-hydrogen) atoms. The first-order valence-corrected chi connectivity index (χ1v) is 11.7. The Hall–Kier alpha value is -2.97. The molecule has 0 atom stereocenters. The van der Waals surface area contributed by atoms with Crippen molar-refractivity contribution in [3.63, 3.8) is 0 Å². The third-order valence-electron chi connectivity index (χ3n) is 5.13. The smallest absolute Gasteiger partial charge is 0.242 e. The Kier molecular flexibility index (Phi) is 7.02. The molecule has 0 saturated heterocycles. The van der Waals surface area contributed by atoms with Gasteiger partial charge in [0.25, 0.3) is 0 Å². The zero-order valence-electron chi connectivity index (χ0n) is 17.6. The maximum Gasteiger partial charge on any atom is 0.242 e. The number of amides is 2. The molecule has 7 nitrogen and oxygen atoms in total. The molecule has 0 spiro atoms. The summed E-state index contributed by atoms with van der Waals surface area (Å²) >= 11 is 7.92. The molecule has 0 fully saturated rings. The van der Waals surface area contributed by atoms with Gasteiger partial charge in [-0.3, -0.25) is 9.59 Å². The number of aromatic nitrogens is 2. The lowest BCUT2D eigenvalue weighted by Gasteiger charge is -2.12. The number of hydrogen-bond donors (Lipinski definition) is 2. The number of halogens is 1. The fraction of sp³-hybridized carbons (Fsp3) is 0.261. The van der Waals surface area contributed by atoms with Crippen LogP contribution < -0.4 is 15.4 Å². The Labute approximate surface area is 195 Å². The maximum absolute atomic E-state index is 12.7. The molecule has 0 bridgehead atoms. The van der Waals surface area contributed by atoms with Gasteiger partial charge in [-0.2, -0.15) is 16.9 Å². The number of nitrogens with one attached hydrogen (secondary N) is 2. The van der Waals surface area contributed by atoms with Crippen LogP contribution in [-0.2, 0) is 40.6 Å². The second-order valence-electron chi connectivity index (χ2n) is 7.37. The first-order valence-electron chi connectivity index (χ1n) is 10.1. The van der Waals surface area contributed by atoms with E-state index in [0.717, 1.165) is 39.6 Å². The van der Waals surface area contributed by atoms with E-state index in [1.807, 2.05) is 42.5 Å². The summed E-state index contributed by atoms with van der Waals surface area (Å²) < 4.78 is 6.73. The first kappa shape index (κ1) is 22.2. The third-order valence-corrected chi connectivity index (χ3v) is 6.47. The van der Waals surface area contributed by atoms with E-state index in [1.54, 1.807) is 29.6 Å². The predicted octanol–water partition coefficient (Wildman–Crippen LogP) is 3.79. The normalized spacial score (nSPS) is 12.3. The number of carbonyl (C=O) groups excluding carboxylic acids is 2. The van der Waals surface area contributed by atoms with Crippen molar-refractivity contribution >= 4 is 41.0 Å². The van der Waals surface area contributed by atoms with E-state index < -0.39 is 0 Å². The highest BCUT2D eigenvalue weighted by Crippen LogP contribution is 2.34. The molecule has 1 aliphatic rings. The van der Waals surface area contributed by atoms with Crippen LogP contribution in [0.1, 0.15) is 22.4 Å². The summed E-state index contributed by atoms with van der Waals surface area (Å²) in [5, 5.41) is 11.0. The molecule has 2 heterocycles. The van der Waals surface area contributed by atoms with E-state index in [1.165, 1.54) is 0 Å². The van der Waals surface area contributed by atoms with E-state index in [4.69, 9.17) is 16.3 Å². The molecule has 0 unspecified atom stereocenters. The highest BCUT2D eigenvalue weighted by molar-refractivity contribution is 7.98. The molecular weight excluding hydrogens is 448 g/mol. The zero-order valence-corrected chi connectivity index (χ0v) is 19.1. The van der Waals surface area contributed by atoms with Gasteiger partial charge in [0, 0.05) is 28.6 Å². The average Bonchev–Trinajstić information content (AvgIpc) is 3.37. The minimum Gasteiger partial charge on any atom is -0.497 e. The topological polar surface area (TPSA) is 85.2 Å². The van der Waals surface area contributed by atoms with E-state index >= 15 is 0 Å². The number of methoxy groups -OCH3 is 1. The number of ether oxygens (including phenoxy) is 1. The van der Waals surface area contributed by atoms with Crippen LogP contribution in [0.5, 0.6) is 5.75 Å². The number of rotatable bonds is 8. The summed E-state index contributed by atoms with van der Waals surface area (Å²) in [7, 11) is 1.61. The van der Waals surface area contributed by atoms with Gasteiger partial charge < -0.3 is 15.4 Å². The van der Waals surface area contributed by atoms with Crippen molar-refractivity contribution in [2.45, 2.75) is 31.0 Å². The van der Waals surface area contributed by atoms with Crippen LogP contribution in [0.2, 0.25) is 5.02 Å². The number of carbonyl (C=O) groups is 2. The SMILES string of the molecule is COc1ccc(CNC(=O)Cn2nc3c(c2NC(=O)Cc2ccccc2Cl)CSC3)cc1. The Morgan fingerprint density at radius 1 is 1.12 bits per heavy atom. The molecule has 0 aliphatic carbocycles. The second kappa shape index (κ2) is 10.1. The van der Waals surface area contributed by atoms with Gasteiger partial charge in [0.15, 0.2) is 0 Å². The van der Waals surface area contributed by atoms with E-state index in [-0.39, 0.29) is 24.8 Å². The minimum absolute atomic E-state index is 0.0233. The van der Waals surface area contributed by atoms with E-state index in [2.05, 4.69) is 15.7 Å². The number of nitrogens with zero attached hydrogens (tertiary/aromatic N) is 2. The largest absolute Gasteiger partial charge is 0.497 e. The van der Waals surface area contributed by atoms with Crippen molar-refractivity contribution in [1.82, 2.24) is 15.1 Å². The lowest BCUT2D eigenvalue weighted by atomic mass is 10.1. The summed E-state index contributed by atoms with van der Waals surface area (Å²) in [6.45, 7) is 0.420. The van der Waals surface area contributed by atoms with Crippen LogP contribution >= 0.6 is 23.4 Å². The molecule has 2 aromatic carbocycles. The van der Waals surface area contributed by atoms with Gasteiger partial charge in [-0.1, -0.05) is 41.9 Å². The van der Waals surface area contributed by atoms with Crippen LogP contribution in [0.3, 0.4) is 0 Å². The molecular formula is C23H23ClN4O3S. The predicted molar refractivity (Wildman–Crippen MR) is 126 cm³/mol. The summed E-state index contributed by atoms with van der Waals surface area (Å²) in [5.74, 6) is 2.49. The number of benzene rings is 2. The molecule has 2 amide bonds. The third kappa shape index (κ3) is 5.26. The van der Waals surface area contributed by atoms with Crippen LogP contribution in [-0.4, -0.2) is 28.7 Å². The standard InChI is InChI=1S/C23H23ClN4O3S/c1-31-17-8-6-15(7-9-17)11-25-22(30)12-28-23(18-13-32-14-20(18)27-28)26-21(29)10-16-4-2-3-5-19(16)24/h2-9H,10-14H2,1H3,(H,25,30)(H,26,29). The zero-order chi connectivity index (χ0) is 22.5. The highest BCUT2D eigenvalue weighted by Gasteiger charge is 2.25. The molecule has 1 aliphatic heterocycles. The minimum atomic E-state index is -0.197. The fourth-order valence-electron chi connectivity index (χ4n) is 3.45. The lowest BCUT2D eigenvalue weighted by molar-refractivity contribution is -0.122. The summed E-state index contributed by atoms with van der Waals surface area (Å²) in [6.07, 6.45) is 0.149. The molecule has 166 valence electrons. The van der Waals surface area contributed by atoms with Crippen molar-refractivity contribution in [3.8, 4) is 5.75 Å². The van der Waals surface area contributed by atoms with Crippen molar-refractivity contribution in [2.75, 3.05) is 12.4 Å². The number of fused-ring (bicyclic) bond motifs is 1. The Morgan fingerprint density at radius 3 is 2.66 bits per heavy atom. The summed E-state index contributed by atoms with van der Waals surface area (Å²) in [5.41, 5.74) is 3.60. The monoisotopic (exact) mass is 470 g/mol. The molecule has 9 heteroatoms. The van der Waals surface area contributed by atoms with Gasteiger partial charge in [0.2, 0.25) is 11.8 Å². The van der Waals surface area contributed by atoms with Crippen molar-refractivity contribution in [2.24, 2.45) is 0 Å². The van der Waals surface area contributed by atoms with Crippen LogP contribution in [0.15, 0.2) is 48.5 Å². The van der Waals surface area contributed by atoms with Gasteiger partial charge in [-0.15, -0.1) is 0 Å². The lowest BCUT2D eigenvalue weighted by Crippen LogP contribution is -2.29. The number of anilines is 1. The molecule has 4 rings (SSSR count). The molecule has 0 saturated carbocycles. The molecule has 3 aromatic rings. The number of thioether (sulfide) groups is 1. The molecule has 1 aromatic heterocycles. The second-order valence-corrected chi connectivity index (χ2v) is 8.76. The van der Waals surface area contributed by atoms with Crippen molar-refractivity contribution < 1.29 is 14.3 Å². The number of hydrogen-bond acceptors (Lipinski definition) is 5. The van der Waals surface area contributed by atoms with E-state index in [9.17, 15) is 9.59 Å². The van der Waals surface area contributed by atoms with Gasteiger partial charge in [-0.25, -0.2) is 4.68 Å². The van der Waals surface area contributed by atoms with Gasteiger partial charge in [0.05, 0.1) is 19.2 Å². The highest BCUT2D eigenvalue weighted by atomic mass is 35.5. The Morgan fingerprint density at radius 2 is 1.91 bits per heavy atom. The molecule has 2 N–H and O–H groups in total.